The molecule has 1 atom stereocenters. The average molecular weight is 290 g/mol. The van der Waals surface area contributed by atoms with Crippen LogP contribution in [0.2, 0.25) is 0 Å². The van der Waals surface area contributed by atoms with Crippen molar-refractivity contribution in [2.75, 3.05) is 44.8 Å². The number of hydrogen-bond acceptors (Lipinski definition) is 4. The first kappa shape index (κ1) is 15.8. The van der Waals surface area contributed by atoms with Crippen LogP contribution in [0.1, 0.15) is 18.4 Å². The van der Waals surface area contributed by atoms with Gasteiger partial charge in [0.15, 0.2) is 0 Å². The normalized spacial score (nSPS) is 19.1. The molecule has 21 heavy (non-hydrogen) atoms. The topological polar surface area (TPSA) is 61.6 Å². The lowest BCUT2D eigenvalue weighted by Gasteiger charge is -2.25. The number of likely N-dealkylation sites (tertiary alicyclic amines) is 1. The highest BCUT2D eigenvalue weighted by atomic mass is 16.2. The van der Waals surface area contributed by atoms with Crippen LogP contribution in [0.15, 0.2) is 18.2 Å². The molecule has 0 spiro atoms. The quantitative estimate of drug-likeness (QED) is 0.808. The molecule has 1 unspecified atom stereocenters. The van der Waals surface area contributed by atoms with Crippen molar-refractivity contribution in [1.29, 1.82) is 0 Å². The number of hydrogen-bond donors (Lipinski definition) is 2. The van der Waals surface area contributed by atoms with Crippen LogP contribution in [0.25, 0.3) is 0 Å². The van der Waals surface area contributed by atoms with Crippen LogP contribution in [-0.4, -0.2) is 55.5 Å². The molecule has 0 radical (unpaired) electrons. The maximum absolute atomic E-state index is 12.1. The van der Waals surface area contributed by atoms with Gasteiger partial charge in [0.1, 0.15) is 0 Å². The number of nitrogens with two attached hydrogens (primary N) is 1. The number of aryl methyl sites for hydroxylation is 1. The number of amides is 1. The molecule has 5 nitrogen and oxygen atoms in total. The van der Waals surface area contributed by atoms with Crippen LogP contribution in [0, 0.1) is 6.92 Å². The first-order valence-electron chi connectivity index (χ1n) is 7.50. The monoisotopic (exact) mass is 290 g/mol. The molecule has 116 valence electrons. The molecular formula is C16H26N4O. The van der Waals surface area contributed by atoms with E-state index in [2.05, 4.69) is 22.2 Å². The second-order valence-corrected chi connectivity index (χ2v) is 6.10. The number of rotatable bonds is 5. The Balaban J connectivity index is 1.85. The maximum Gasteiger partial charge on any atom is 0.238 e. The minimum absolute atomic E-state index is 0.00634. The smallest absolute Gasteiger partial charge is 0.238 e. The Morgan fingerprint density at radius 2 is 2.29 bits per heavy atom. The van der Waals surface area contributed by atoms with Gasteiger partial charge < -0.3 is 16.0 Å². The second-order valence-electron chi connectivity index (χ2n) is 6.10. The van der Waals surface area contributed by atoms with Gasteiger partial charge in [0, 0.05) is 24.0 Å². The number of carbonyl (C=O) groups is 1. The first-order chi connectivity index (χ1) is 9.95. The van der Waals surface area contributed by atoms with Gasteiger partial charge in [-0.3, -0.25) is 9.69 Å². The van der Waals surface area contributed by atoms with Crippen LogP contribution in [0.3, 0.4) is 0 Å². The lowest BCUT2D eigenvalue weighted by Crippen LogP contribution is -2.40. The maximum atomic E-state index is 12.1. The molecule has 1 amide bonds. The van der Waals surface area contributed by atoms with Crippen molar-refractivity contribution in [3.05, 3.63) is 23.8 Å². The van der Waals surface area contributed by atoms with Crippen molar-refractivity contribution < 1.29 is 4.79 Å². The van der Waals surface area contributed by atoms with Gasteiger partial charge in [-0.05, 0) is 58.1 Å². The van der Waals surface area contributed by atoms with E-state index in [1.807, 2.05) is 26.1 Å². The summed E-state index contributed by atoms with van der Waals surface area (Å²) < 4.78 is 0. The number of nitrogens with one attached hydrogen (secondary N) is 1. The summed E-state index contributed by atoms with van der Waals surface area (Å²) >= 11 is 0. The summed E-state index contributed by atoms with van der Waals surface area (Å²) in [7, 11) is 4.15. The van der Waals surface area contributed by atoms with Gasteiger partial charge in [0.05, 0.1) is 6.54 Å². The molecule has 1 saturated heterocycles. The van der Waals surface area contributed by atoms with Gasteiger partial charge in [0.25, 0.3) is 0 Å². The van der Waals surface area contributed by atoms with E-state index in [0.29, 0.717) is 18.3 Å². The van der Waals surface area contributed by atoms with Crippen LogP contribution < -0.4 is 11.1 Å². The van der Waals surface area contributed by atoms with E-state index in [0.717, 1.165) is 24.3 Å². The Kier molecular flexibility index (Phi) is 5.20. The Morgan fingerprint density at radius 1 is 1.52 bits per heavy atom. The van der Waals surface area contributed by atoms with Gasteiger partial charge in [-0.1, -0.05) is 6.07 Å². The lowest BCUT2D eigenvalue weighted by molar-refractivity contribution is -0.117. The summed E-state index contributed by atoms with van der Waals surface area (Å²) in [5.41, 5.74) is 8.25. The van der Waals surface area contributed by atoms with Gasteiger partial charge in [-0.25, -0.2) is 0 Å². The number of anilines is 2. The van der Waals surface area contributed by atoms with E-state index in [9.17, 15) is 4.79 Å². The highest BCUT2D eigenvalue weighted by Crippen LogP contribution is 2.18. The minimum atomic E-state index is 0.00634. The van der Waals surface area contributed by atoms with Gasteiger partial charge >= 0.3 is 0 Å². The van der Waals surface area contributed by atoms with Crippen molar-refractivity contribution in [2.24, 2.45) is 0 Å². The molecule has 2 rings (SSSR count). The zero-order valence-corrected chi connectivity index (χ0v) is 13.2. The minimum Gasteiger partial charge on any atom is -0.399 e. The summed E-state index contributed by atoms with van der Waals surface area (Å²) in [6.07, 6.45) is 2.47. The second kappa shape index (κ2) is 6.91. The lowest BCUT2D eigenvalue weighted by atomic mass is 10.2. The molecule has 1 heterocycles. The summed E-state index contributed by atoms with van der Waals surface area (Å²) in [6.45, 7) is 4.46. The number of nitrogens with zero attached hydrogens (tertiary/aromatic N) is 2. The van der Waals surface area contributed by atoms with Crippen molar-refractivity contribution >= 4 is 17.3 Å². The van der Waals surface area contributed by atoms with Crippen molar-refractivity contribution in [3.8, 4) is 0 Å². The predicted octanol–water partition coefficient (Wildman–Crippen LogP) is 1.54. The molecular weight excluding hydrogens is 264 g/mol. The fraction of sp³-hybridized carbons (Fsp3) is 0.562. The van der Waals surface area contributed by atoms with Gasteiger partial charge in [0.2, 0.25) is 5.91 Å². The molecule has 1 aromatic carbocycles. The van der Waals surface area contributed by atoms with Crippen molar-refractivity contribution in [1.82, 2.24) is 9.80 Å². The molecule has 5 heteroatoms. The van der Waals surface area contributed by atoms with Crippen LogP contribution >= 0.6 is 0 Å². The van der Waals surface area contributed by atoms with Crippen molar-refractivity contribution in [2.45, 2.75) is 25.8 Å². The zero-order valence-electron chi connectivity index (χ0n) is 13.2. The van der Waals surface area contributed by atoms with Gasteiger partial charge in [-0.15, -0.1) is 0 Å². The molecule has 1 fully saturated rings. The molecule has 0 aliphatic carbocycles. The largest absolute Gasteiger partial charge is 0.399 e. The van der Waals surface area contributed by atoms with E-state index in [1.165, 1.54) is 12.8 Å². The van der Waals surface area contributed by atoms with Crippen LogP contribution in [0.5, 0.6) is 0 Å². The number of benzene rings is 1. The number of nitrogen functional groups attached to an aromatic ring is 1. The molecule has 1 aliphatic rings. The van der Waals surface area contributed by atoms with Gasteiger partial charge in [-0.2, -0.15) is 0 Å². The van der Waals surface area contributed by atoms with Crippen molar-refractivity contribution in [3.63, 3.8) is 0 Å². The molecule has 3 N–H and O–H groups in total. The van der Waals surface area contributed by atoms with E-state index in [4.69, 9.17) is 5.73 Å². The average Bonchev–Trinajstić information content (AvgIpc) is 2.79. The van der Waals surface area contributed by atoms with E-state index >= 15 is 0 Å². The predicted molar refractivity (Wildman–Crippen MR) is 87.4 cm³/mol. The third kappa shape index (κ3) is 4.44. The molecule has 0 saturated carbocycles. The summed E-state index contributed by atoms with van der Waals surface area (Å²) in [5.74, 6) is 0.00634. The fourth-order valence-electron chi connectivity index (χ4n) is 2.84. The summed E-state index contributed by atoms with van der Waals surface area (Å²) in [5, 5.41) is 2.94. The Hall–Kier alpha value is -1.59. The van der Waals surface area contributed by atoms with Crippen LogP contribution in [0.4, 0.5) is 11.4 Å². The molecule has 1 aliphatic heterocycles. The van der Waals surface area contributed by atoms with E-state index < -0.39 is 0 Å². The molecule has 0 bridgehead atoms. The van der Waals surface area contributed by atoms with E-state index in [-0.39, 0.29) is 5.91 Å². The summed E-state index contributed by atoms with van der Waals surface area (Å²) in [6, 6.07) is 6.13. The number of likely N-dealkylation sites (N-methyl/N-ethyl adjacent to an activating group) is 2. The third-order valence-corrected chi connectivity index (χ3v) is 4.14. The molecule has 1 aromatic rings. The van der Waals surface area contributed by atoms with E-state index in [1.54, 1.807) is 6.07 Å². The number of carbonyl (C=O) groups excluding carboxylic acids is 1. The zero-order chi connectivity index (χ0) is 15.4. The molecule has 0 aromatic heterocycles. The Morgan fingerprint density at radius 3 is 2.95 bits per heavy atom. The highest BCUT2D eigenvalue weighted by molar-refractivity contribution is 5.93. The first-order valence-corrected chi connectivity index (χ1v) is 7.50. The Bertz CT molecular complexity index is 503. The third-order valence-electron chi connectivity index (χ3n) is 4.14. The standard InChI is InChI=1S/C16H26N4O/c1-12-6-7-13(17)9-15(12)18-16(21)11-19(2)10-14-5-4-8-20(14)3/h6-7,9,14H,4-5,8,10-11,17H2,1-3H3,(H,18,21). The fourth-order valence-corrected chi connectivity index (χ4v) is 2.84. The van der Waals surface area contributed by atoms with Crippen LogP contribution in [-0.2, 0) is 4.79 Å². The summed E-state index contributed by atoms with van der Waals surface area (Å²) in [4.78, 5) is 16.6. The highest BCUT2D eigenvalue weighted by Gasteiger charge is 2.22. The SMILES string of the molecule is Cc1ccc(N)cc1NC(=O)CN(C)CC1CCCN1C. The Labute approximate surface area is 127 Å².